The van der Waals surface area contributed by atoms with Crippen LogP contribution in [0, 0.1) is 0 Å². The second-order valence-corrected chi connectivity index (χ2v) is 6.85. The van der Waals surface area contributed by atoms with Gasteiger partial charge in [0.1, 0.15) is 6.73 Å². The molecule has 0 aliphatic carbocycles. The summed E-state index contributed by atoms with van der Waals surface area (Å²) in [7, 11) is 0. The molecule has 2 aromatic carbocycles. The maximum Gasteiger partial charge on any atom is 0.416 e. The Balaban J connectivity index is 1.67. The standard InChI is InChI=1S/C20H18F6N2O2/c21-19(22,23)15-6-13(7-16(8-15)20(24,25)26)11-30-12-28-10-17(27-9-18(28)29)14-4-2-1-3-5-14/h1-8,17,27H,9-12H2. The molecule has 1 aliphatic heterocycles. The highest BCUT2D eigenvalue weighted by molar-refractivity contribution is 5.79. The fourth-order valence-corrected chi connectivity index (χ4v) is 3.12. The van der Waals surface area contributed by atoms with Crippen molar-refractivity contribution in [1.29, 1.82) is 0 Å². The first-order valence-electron chi connectivity index (χ1n) is 8.96. The summed E-state index contributed by atoms with van der Waals surface area (Å²) in [4.78, 5) is 13.4. The van der Waals surface area contributed by atoms with Crippen LogP contribution >= 0.6 is 0 Å². The summed E-state index contributed by atoms with van der Waals surface area (Å²) in [6.07, 6.45) is -9.85. The van der Waals surface area contributed by atoms with E-state index in [1.165, 1.54) is 4.90 Å². The highest BCUT2D eigenvalue weighted by Gasteiger charge is 2.37. The van der Waals surface area contributed by atoms with E-state index in [2.05, 4.69) is 5.32 Å². The van der Waals surface area contributed by atoms with Gasteiger partial charge in [0.15, 0.2) is 0 Å². The molecule has 10 heteroatoms. The van der Waals surface area contributed by atoms with Crippen molar-refractivity contribution >= 4 is 5.91 Å². The first kappa shape index (κ1) is 22.1. The number of ether oxygens (including phenoxy) is 1. The molecular weight excluding hydrogens is 414 g/mol. The van der Waals surface area contributed by atoms with Crippen molar-refractivity contribution in [3.05, 3.63) is 70.8 Å². The third-order valence-corrected chi connectivity index (χ3v) is 4.62. The molecule has 0 bridgehead atoms. The number of hydrogen-bond acceptors (Lipinski definition) is 3. The molecule has 1 amide bonds. The molecule has 0 radical (unpaired) electrons. The third kappa shape index (κ3) is 5.51. The van der Waals surface area contributed by atoms with Gasteiger partial charge >= 0.3 is 12.4 Å². The van der Waals surface area contributed by atoms with Gasteiger partial charge in [-0.3, -0.25) is 10.1 Å². The molecule has 3 rings (SSSR count). The Morgan fingerprint density at radius 2 is 1.57 bits per heavy atom. The van der Waals surface area contributed by atoms with Crippen molar-refractivity contribution in [2.45, 2.75) is 25.0 Å². The average molecular weight is 432 g/mol. The number of amides is 1. The zero-order chi connectivity index (χ0) is 21.9. The Bertz CT molecular complexity index is 851. The smallest absolute Gasteiger partial charge is 0.356 e. The van der Waals surface area contributed by atoms with Gasteiger partial charge in [0.25, 0.3) is 0 Å². The number of halogens is 6. The lowest BCUT2D eigenvalue weighted by atomic mass is 10.0. The monoisotopic (exact) mass is 432 g/mol. The van der Waals surface area contributed by atoms with Crippen molar-refractivity contribution in [3.8, 4) is 0 Å². The number of carbonyl (C=O) groups is 1. The Kier molecular flexibility index (Phi) is 6.37. The van der Waals surface area contributed by atoms with E-state index in [1.54, 1.807) is 0 Å². The Morgan fingerprint density at radius 1 is 0.967 bits per heavy atom. The average Bonchev–Trinajstić information content (AvgIpc) is 2.68. The van der Waals surface area contributed by atoms with E-state index in [9.17, 15) is 31.1 Å². The first-order chi connectivity index (χ1) is 14.0. The number of benzene rings is 2. The minimum atomic E-state index is -4.92. The molecule has 1 atom stereocenters. The highest BCUT2D eigenvalue weighted by atomic mass is 19.4. The summed E-state index contributed by atoms with van der Waals surface area (Å²) in [5.41, 5.74) is -2.14. The van der Waals surface area contributed by atoms with Gasteiger partial charge in [-0.15, -0.1) is 0 Å². The summed E-state index contributed by atoms with van der Waals surface area (Å²) in [6.45, 7) is -0.439. The van der Waals surface area contributed by atoms with E-state index in [0.717, 1.165) is 5.56 Å². The Labute approximate surface area is 168 Å². The van der Waals surface area contributed by atoms with Gasteiger partial charge < -0.3 is 9.64 Å². The molecule has 1 saturated heterocycles. The van der Waals surface area contributed by atoms with E-state index in [1.807, 2.05) is 30.3 Å². The topological polar surface area (TPSA) is 41.6 Å². The molecule has 162 valence electrons. The van der Waals surface area contributed by atoms with E-state index in [4.69, 9.17) is 4.74 Å². The van der Waals surface area contributed by atoms with Gasteiger partial charge in [0.2, 0.25) is 5.91 Å². The van der Waals surface area contributed by atoms with Crippen LogP contribution in [-0.2, 0) is 28.5 Å². The predicted molar refractivity (Wildman–Crippen MR) is 95.0 cm³/mol. The molecule has 30 heavy (non-hydrogen) atoms. The number of nitrogens with zero attached hydrogens (tertiary/aromatic N) is 1. The zero-order valence-corrected chi connectivity index (χ0v) is 15.6. The summed E-state index contributed by atoms with van der Waals surface area (Å²) < 4.78 is 82.9. The summed E-state index contributed by atoms with van der Waals surface area (Å²) in [6, 6.07) is 10.4. The molecule has 0 spiro atoms. The molecule has 1 aliphatic rings. The predicted octanol–water partition coefficient (Wildman–Crippen LogP) is 4.37. The van der Waals surface area contributed by atoms with E-state index >= 15 is 0 Å². The minimum absolute atomic E-state index is 0.0463. The molecular formula is C20H18F6N2O2. The lowest BCUT2D eigenvalue weighted by molar-refractivity contribution is -0.143. The highest BCUT2D eigenvalue weighted by Crippen LogP contribution is 2.36. The maximum absolute atomic E-state index is 12.9. The lowest BCUT2D eigenvalue weighted by Crippen LogP contribution is -2.50. The summed E-state index contributed by atoms with van der Waals surface area (Å²) >= 11 is 0. The lowest BCUT2D eigenvalue weighted by Gasteiger charge is -2.33. The third-order valence-electron chi connectivity index (χ3n) is 4.62. The number of hydrogen-bond donors (Lipinski definition) is 1. The molecule has 1 unspecified atom stereocenters. The fourth-order valence-electron chi connectivity index (χ4n) is 3.12. The Hall–Kier alpha value is -2.59. The quantitative estimate of drug-likeness (QED) is 0.714. The molecule has 2 aromatic rings. The van der Waals surface area contributed by atoms with Crippen LogP contribution in [-0.4, -0.2) is 30.6 Å². The Morgan fingerprint density at radius 3 is 2.13 bits per heavy atom. The van der Waals surface area contributed by atoms with Gasteiger partial charge in [0.05, 0.1) is 30.3 Å². The van der Waals surface area contributed by atoms with Crippen LogP contribution in [0.15, 0.2) is 48.5 Å². The SMILES string of the molecule is O=C1CNC(c2ccccc2)CN1COCc1cc(C(F)(F)F)cc(C(F)(F)F)c1. The first-order valence-corrected chi connectivity index (χ1v) is 8.96. The number of rotatable bonds is 5. The van der Waals surface area contributed by atoms with Crippen LogP contribution < -0.4 is 5.32 Å². The van der Waals surface area contributed by atoms with Crippen LogP contribution in [0.2, 0.25) is 0 Å². The van der Waals surface area contributed by atoms with Crippen molar-refractivity contribution in [2.75, 3.05) is 19.8 Å². The normalized spacial score (nSPS) is 18.0. The summed E-state index contributed by atoms with van der Waals surface area (Å²) in [5.74, 6) is -0.276. The molecule has 0 saturated carbocycles. The van der Waals surface area contributed by atoms with Crippen molar-refractivity contribution in [3.63, 3.8) is 0 Å². The molecule has 1 fully saturated rings. The molecule has 1 N–H and O–H groups in total. The van der Waals surface area contributed by atoms with Crippen LogP contribution in [0.25, 0.3) is 0 Å². The van der Waals surface area contributed by atoms with E-state index in [0.29, 0.717) is 12.1 Å². The summed E-state index contributed by atoms with van der Waals surface area (Å²) in [5, 5.41) is 3.07. The van der Waals surface area contributed by atoms with Crippen LogP contribution in [0.5, 0.6) is 0 Å². The van der Waals surface area contributed by atoms with Crippen molar-refractivity contribution < 1.29 is 35.9 Å². The number of carbonyl (C=O) groups excluding carboxylic acids is 1. The van der Waals surface area contributed by atoms with Gasteiger partial charge in [-0.25, -0.2) is 0 Å². The molecule has 0 aromatic heterocycles. The van der Waals surface area contributed by atoms with Crippen molar-refractivity contribution in [2.24, 2.45) is 0 Å². The van der Waals surface area contributed by atoms with Gasteiger partial charge in [-0.1, -0.05) is 30.3 Å². The van der Waals surface area contributed by atoms with Crippen molar-refractivity contribution in [1.82, 2.24) is 10.2 Å². The number of alkyl halides is 6. The van der Waals surface area contributed by atoms with E-state index in [-0.39, 0.29) is 43.4 Å². The van der Waals surface area contributed by atoms with Crippen LogP contribution in [0.1, 0.15) is 28.3 Å². The number of piperazine rings is 1. The number of nitrogens with one attached hydrogen (secondary N) is 1. The van der Waals surface area contributed by atoms with Crippen LogP contribution in [0.4, 0.5) is 26.3 Å². The van der Waals surface area contributed by atoms with Gasteiger partial charge in [0, 0.05) is 6.54 Å². The zero-order valence-electron chi connectivity index (χ0n) is 15.6. The van der Waals surface area contributed by atoms with Gasteiger partial charge in [-0.05, 0) is 29.3 Å². The largest absolute Gasteiger partial charge is 0.416 e. The minimum Gasteiger partial charge on any atom is -0.356 e. The molecule has 1 heterocycles. The fraction of sp³-hybridized carbons (Fsp3) is 0.350. The second kappa shape index (κ2) is 8.65. The van der Waals surface area contributed by atoms with Gasteiger partial charge in [-0.2, -0.15) is 26.3 Å². The van der Waals surface area contributed by atoms with Crippen LogP contribution in [0.3, 0.4) is 0 Å². The molecule has 4 nitrogen and oxygen atoms in total. The second-order valence-electron chi connectivity index (χ2n) is 6.85. The maximum atomic E-state index is 12.9. The van der Waals surface area contributed by atoms with E-state index < -0.39 is 30.1 Å².